The summed E-state index contributed by atoms with van der Waals surface area (Å²) < 4.78 is 1.83. The molecule has 1 aliphatic rings. The van der Waals surface area contributed by atoms with E-state index in [0.717, 1.165) is 12.8 Å². The summed E-state index contributed by atoms with van der Waals surface area (Å²) in [5, 5.41) is 16.1. The largest absolute Gasteiger partial charge is 0.352 e. The van der Waals surface area contributed by atoms with Crippen LogP contribution in [0.25, 0.3) is 0 Å². The number of hydrogen-bond acceptors (Lipinski definition) is 5. The van der Waals surface area contributed by atoms with E-state index in [2.05, 4.69) is 27.8 Å². The molecule has 1 heterocycles. The molecule has 7 nitrogen and oxygen atoms in total. The number of benzene rings is 1. The lowest BCUT2D eigenvalue weighted by Crippen LogP contribution is -2.41. The van der Waals surface area contributed by atoms with Gasteiger partial charge >= 0.3 is 0 Å². The summed E-state index contributed by atoms with van der Waals surface area (Å²) >= 11 is 13.4. The molecule has 2 N–H and O–H groups in total. The molecule has 1 saturated carbocycles. The zero-order valence-electron chi connectivity index (χ0n) is 19.4. The van der Waals surface area contributed by atoms with Crippen molar-refractivity contribution < 1.29 is 9.59 Å². The van der Waals surface area contributed by atoms with Crippen LogP contribution >= 0.6 is 35.0 Å². The third kappa shape index (κ3) is 6.64. The summed E-state index contributed by atoms with van der Waals surface area (Å²) in [4.78, 5) is 25.3. The molecule has 180 valence electrons. The lowest BCUT2D eigenvalue weighted by atomic mass is 9.86. The lowest BCUT2D eigenvalue weighted by Gasteiger charge is -2.29. The second-order valence-electron chi connectivity index (χ2n) is 8.95. The van der Waals surface area contributed by atoms with Crippen LogP contribution in [0.3, 0.4) is 0 Å². The minimum Gasteiger partial charge on any atom is -0.352 e. The smallest absolute Gasteiger partial charge is 0.251 e. The summed E-state index contributed by atoms with van der Waals surface area (Å²) in [6.45, 7) is 6.20. The number of halogens is 2. The predicted octanol–water partition coefficient (Wildman–Crippen LogP) is 5.04. The van der Waals surface area contributed by atoms with Crippen LogP contribution in [0.15, 0.2) is 23.4 Å². The van der Waals surface area contributed by atoms with Gasteiger partial charge in [-0.25, -0.2) is 0 Å². The number of carbonyl (C=O) groups excluding carboxylic acids is 2. The Kier molecular flexibility index (Phi) is 9.07. The number of nitrogens with zero attached hydrogens (tertiary/aromatic N) is 3. The van der Waals surface area contributed by atoms with Gasteiger partial charge in [-0.2, -0.15) is 0 Å². The molecule has 0 unspecified atom stereocenters. The highest BCUT2D eigenvalue weighted by Gasteiger charge is 2.26. The number of rotatable bonds is 8. The van der Waals surface area contributed by atoms with Crippen molar-refractivity contribution in [3.63, 3.8) is 0 Å². The van der Waals surface area contributed by atoms with Gasteiger partial charge in [-0.15, -0.1) is 10.2 Å². The molecule has 1 aromatic heterocycles. The quantitative estimate of drug-likeness (QED) is 0.484. The van der Waals surface area contributed by atoms with E-state index in [1.165, 1.54) is 24.6 Å². The summed E-state index contributed by atoms with van der Waals surface area (Å²) in [6.07, 6.45) is 4.61. The minimum atomic E-state index is -0.365. The molecular weight excluding hydrogens is 481 g/mol. The molecule has 2 amide bonds. The number of amides is 2. The molecule has 0 bridgehead atoms. The van der Waals surface area contributed by atoms with Crippen molar-refractivity contribution in [3.05, 3.63) is 39.6 Å². The van der Waals surface area contributed by atoms with Gasteiger partial charge in [0, 0.05) is 18.7 Å². The minimum absolute atomic E-state index is 0.0108. The fraction of sp³-hybridized carbons (Fsp3) is 0.565. The van der Waals surface area contributed by atoms with Crippen LogP contribution in [0, 0.1) is 11.8 Å². The Morgan fingerprint density at radius 3 is 2.58 bits per heavy atom. The molecule has 0 radical (unpaired) electrons. The van der Waals surface area contributed by atoms with Gasteiger partial charge in [0.2, 0.25) is 5.91 Å². The van der Waals surface area contributed by atoms with E-state index in [-0.39, 0.29) is 35.6 Å². The van der Waals surface area contributed by atoms with Gasteiger partial charge in [-0.05, 0) is 42.9 Å². The normalized spacial score (nSPS) is 19.4. The Morgan fingerprint density at radius 2 is 1.91 bits per heavy atom. The van der Waals surface area contributed by atoms with Gasteiger partial charge in [0.05, 0.1) is 21.8 Å². The maximum atomic E-state index is 12.8. The van der Waals surface area contributed by atoms with Crippen LogP contribution in [0.2, 0.25) is 10.0 Å². The molecule has 2 aromatic rings. The van der Waals surface area contributed by atoms with E-state index in [4.69, 9.17) is 23.2 Å². The van der Waals surface area contributed by atoms with E-state index in [1.54, 1.807) is 18.2 Å². The SMILES string of the molecule is CC(C)[C@H](NC(=O)c1ccc(Cl)c(Cl)c1)c1nnc(SCC(=O)N[C@H]2CCCC[C@H]2C)n1C. The Labute approximate surface area is 209 Å². The van der Waals surface area contributed by atoms with Crippen molar-refractivity contribution in [2.24, 2.45) is 18.9 Å². The van der Waals surface area contributed by atoms with Crippen molar-refractivity contribution >= 4 is 46.8 Å². The molecule has 10 heteroatoms. The van der Waals surface area contributed by atoms with E-state index >= 15 is 0 Å². The first-order valence-corrected chi connectivity index (χ1v) is 13.0. The Balaban J connectivity index is 1.64. The fourth-order valence-electron chi connectivity index (χ4n) is 4.02. The van der Waals surface area contributed by atoms with Gasteiger partial charge in [0.15, 0.2) is 11.0 Å². The van der Waals surface area contributed by atoms with Gasteiger partial charge < -0.3 is 15.2 Å². The van der Waals surface area contributed by atoms with Crippen molar-refractivity contribution in [1.82, 2.24) is 25.4 Å². The molecule has 3 rings (SSSR count). The molecule has 0 saturated heterocycles. The maximum absolute atomic E-state index is 12.8. The Bertz CT molecular complexity index is 997. The average Bonchev–Trinajstić information content (AvgIpc) is 3.13. The van der Waals surface area contributed by atoms with Gasteiger partial charge in [0.25, 0.3) is 5.91 Å². The van der Waals surface area contributed by atoms with Gasteiger partial charge in [-0.3, -0.25) is 9.59 Å². The molecule has 1 aliphatic carbocycles. The first-order chi connectivity index (χ1) is 15.7. The van der Waals surface area contributed by atoms with E-state index in [0.29, 0.717) is 32.5 Å². The maximum Gasteiger partial charge on any atom is 0.251 e. The van der Waals surface area contributed by atoms with Crippen LogP contribution < -0.4 is 10.6 Å². The van der Waals surface area contributed by atoms with E-state index in [9.17, 15) is 9.59 Å². The zero-order chi connectivity index (χ0) is 24.1. The standard InChI is InChI=1S/C23H31Cl2N5O2S/c1-13(2)20(27-22(32)15-9-10-16(24)17(25)11-15)21-28-29-23(30(21)4)33-12-19(31)26-18-8-6-5-7-14(18)3/h9-11,13-14,18,20H,5-8,12H2,1-4H3,(H,26,31)(H,27,32)/t14-,18+,20+/m1/s1. The van der Waals surface area contributed by atoms with Crippen LogP contribution in [0.4, 0.5) is 0 Å². The third-order valence-electron chi connectivity index (χ3n) is 6.07. The number of nitrogens with one attached hydrogen (secondary N) is 2. The molecule has 0 spiro atoms. The monoisotopic (exact) mass is 511 g/mol. The van der Waals surface area contributed by atoms with Crippen molar-refractivity contribution in [1.29, 1.82) is 0 Å². The Morgan fingerprint density at radius 1 is 1.18 bits per heavy atom. The number of hydrogen-bond donors (Lipinski definition) is 2. The van der Waals surface area contributed by atoms with Crippen molar-refractivity contribution in [2.75, 3.05) is 5.75 Å². The lowest BCUT2D eigenvalue weighted by molar-refractivity contribution is -0.119. The number of thioether (sulfide) groups is 1. The highest BCUT2D eigenvalue weighted by Crippen LogP contribution is 2.27. The summed E-state index contributed by atoms with van der Waals surface area (Å²) in [5.41, 5.74) is 0.417. The van der Waals surface area contributed by atoms with Crippen molar-refractivity contribution in [2.45, 2.75) is 63.7 Å². The summed E-state index contributed by atoms with van der Waals surface area (Å²) in [5.74, 6) is 1.22. The molecular formula is C23H31Cl2N5O2S. The number of aromatic nitrogens is 3. The highest BCUT2D eigenvalue weighted by atomic mass is 35.5. The van der Waals surface area contributed by atoms with Gasteiger partial charge in [-0.1, -0.05) is 68.6 Å². The third-order valence-corrected chi connectivity index (χ3v) is 7.83. The van der Waals surface area contributed by atoms with Crippen LogP contribution in [-0.4, -0.2) is 38.4 Å². The molecule has 1 fully saturated rings. The Hall–Kier alpha value is -1.77. The second-order valence-corrected chi connectivity index (χ2v) is 10.7. The van der Waals surface area contributed by atoms with Crippen LogP contribution in [0.1, 0.15) is 68.7 Å². The molecule has 0 aliphatic heterocycles. The fourth-order valence-corrected chi connectivity index (χ4v) is 5.05. The van der Waals surface area contributed by atoms with E-state index in [1.807, 2.05) is 25.5 Å². The second kappa shape index (κ2) is 11.6. The van der Waals surface area contributed by atoms with E-state index < -0.39 is 0 Å². The van der Waals surface area contributed by atoms with Gasteiger partial charge in [0.1, 0.15) is 0 Å². The van der Waals surface area contributed by atoms with Crippen LogP contribution in [0.5, 0.6) is 0 Å². The first kappa shape index (κ1) is 25.8. The predicted molar refractivity (Wildman–Crippen MR) is 133 cm³/mol. The van der Waals surface area contributed by atoms with Crippen molar-refractivity contribution in [3.8, 4) is 0 Å². The summed E-state index contributed by atoms with van der Waals surface area (Å²) in [7, 11) is 1.85. The average molecular weight is 513 g/mol. The topological polar surface area (TPSA) is 88.9 Å². The highest BCUT2D eigenvalue weighted by molar-refractivity contribution is 7.99. The number of carbonyl (C=O) groups is 2. The summed E-state index contributed by atoms with van der Waals surface area (Å²) in [6, 6.07) is 4.66. The first-order valence-electron chi connectivity index (χ1n) is 11.2. The molecule has 1 aromatic carbocycles. The molecule has 33 heavy (non-hydrogen) atoms. The van der Waals surface area contributed by atoms with Crippen LogP contribution in [-0.2, 0) is 11.8 Å². The molecule has 3 atom stereocenters. The zero-order valence-corrected chi connectivity index (χ0v) is 21.7.